The Morgan fingerprint density at radius 3 is 2.75 bits per heavy atom. The monoisotopic (exact) mass is 397 g/mol. The number of ether oxygens (including phenoxy) is 1. The lowest BCUT2D eigenvalue weighted by molar-refractivity contribution is 0.122. The first-order chi connectivity index (χ1) is 13.7. The fourth-order valence-corrected chi connectivity index (χ4v) is 4.21. The first-order valence-electron chi connectivity index (χ1n) is 9.14. The van der Waals surface area contributed by atoms with Gasteiger partial charge in [0.25, 0.3) is 0 Å². The first kappa shape index (κ1) is 18.7. The van der Waals surface area contributed by atoms with Gasteiger partial charge in [0.15, 0.2) is 0 Å². The zero-order valence-electron chi connectivity index (χ0n) is 15.8. The number of likely N-dealkylation sites (N-methyl/N-ethyl adjacent to an activating group) is 1. The van der Waals surface area contributed by atoms with E-state index in [-0.39, 0.29) is 5.95 Å². The van der Waals surface area contributed by atoms with Crippen LogP contribution in [0.5, 0.6) is 0 Å². The fraction of sp³-hybridized carbons (Fsp3) is 0.368. The quantitative estimate of drug-likeness (QED) is 0.633. The number of rotatable bonds is 6. The number of morpholine rings is 1. The first-order valence-corrected chi connectivity index (χ1v) is 10.0. The number of fused-ring (bicyclic) bond motifs is 1. The fourth-order valence-electron chi connectivity index (χ4n) is 3.20. The van der Waals surface area contributed by atoms with Crippen LogP contribution < -0.4 is 10.6 Å². The molecule has 0 saturated carbocycles. The zero-order chi connectivity index (χ0) is 19.5. The number of nitrogens with zero attached hydrogens (tertiary/aromatic N) is 6. The van der Waals surface area contributed by atoms with Crippen LogP contribution in [-0.2, 0) is 11.3 Å². The number of anilines is 2. The maximum absolute atomic E-state index is 5.66. The third kappa shape index (κ3) is 3.82. The van der Waals surface area contributed by atoms with E-state index in [1.165, 1.54) is 5.56 Å². The summed E-state index contributed by atoms with van der Waals surface area (Å²) >= 11 is 1.65. The molecule has 0 atom stereocenters. The van der Waals surface area contributed by atoms with E-state index in [1.54, 1.807) is 23.7 Å². The third-order valence-electron chi connectivity index (χ3n) is 4.60. The Balaban J connectivity index is 1.82. The maximum Gasteiger partial charge on any atom is 0.226 e. The van der Waals surface area contributed by atoms with E-state index in [0.717, 1.165) is 47.7 Å². The van der Waals surface area contributed by atoms with Gasteiger partial charge in [-0.1, -0.05) is 6.08 Å². The SMILES string of the molecule is C=CCN(C)Cc1csc2c(-c3cnc(N)nc3)nc(N3CCOCC3)nc12. The third-order valence-corrected chi connectivity index (χ3v) is 5.62. The summed E-state index contributed by atoms with van der Waals surface area (Å²) in [5, 5.41) is 2.16. The molecule has 0 unspecified atom stereocenters. The Hall–Kier alpha value is -2.62. The molecule has 3 aromatic rings. The van der Waals surface area contributed by atoms with Crippen LogP contribution >= 0.6 is 11.3 Å². The van der Waals surface area contributed by atoms with Crippen LogP contribution in [0.2, 0.25) is 0 Å². The highest BCUT2D eigenvalue weighted by Crippen LogP contribution is 2.34. The summed E-state index contributed by atoms with van der Waals surface area (Å²) in [6.45, 7) is 8.35. The van der Waals surface area contributed by atoms with E-state index in [9.17, 15) is 0 Å². The molecule has 28 heavy (non-hydrogen) atoms. The van der Waals surface area contributed by atoms with Gasteiger partial charge in [0, 0.05) is 49.7 Å². The second-order valence-electron chi connectivity index (χ2n) is 6.73. The van der Waals surface area contributed by atoms with Gasteiger partial charge >= 0.3 is 0 Å². The zero-order valence-corrected chi connectivity index (χ0v) is 16.7. The average molecular weight is 398 g/mol. The standard InChI is InChI=1S/C19H23N7OS/c1-3-4-25(2)11-14-12-28-17-15(13-9-21-18(20)22-10-13)23-19(24-16(14)17)26-5-7-27-8-6-26/h3,9-10,12H,1,4-8,11H2,2H3,(H2,20,21,22). The van der Waals surface area contributed by atoms with Crippen LogP contribution in [0.25, 0.3) is 21.5 Å². The molecule has 1 aliphatic rings. The number of hydrogen-bond acceptors (Lipinski definition) is 9. The van der Waals surface area contributed by atoms with E-state index in [4.69, 9.17) is 20.4 Å². The lowest BCUT2D eigenvalue weighted by Crippen LogP contribution is -2.37. The van der Waals surface area contributed by atoms with Gasteiger partial charge in [0.05, 0.1) is 29.1 Å². The minimum Gasteiger partial charge on any atom is -0.378 e. The van der Waals surface area contributed by atoms with Crippen LogP contribution in [0.4, 0.5) is 11.9 Å². The van der Waals surface area contributed by atoms with E-state index >= 15 is 0 Å². The van der Waals surface area contributed by atoms with Crippen molar-refractivity contribution in [1.29, 1.82) is 0 Å². The number of nitrogen functional groups attached to an aromatic ring is 1. The van der Waals surface area contributed by atoms with Crippen molar-refractivity contribution in [1.82, 2.24) is 24.8 Å². The largest absolute Gasteiger partial charge is 0.378 e. The molecule has 1 aliphatic heterocycles. The maximum atomic E-state index is 5.66. The molecule has 9 heteroatoms. The molecule has 4 heterocycles. The molecule has 1 saturated heterocycles. The van der Waals surface area contributed by atoms with E-state index in [0.29, 0.717) is 19.2 Å². The van der Waals surface area contributed by atoms with E-state index < -0.39 is 0 Å². The molecule has 2 N–H and O–H groups in total. The molecule has 146 valence electrons. The second kappa shape index (κ2) is 8.17. The smallest absolute Gasteiger partial charge is 0.226 e. The van der Waals surface area contributed by atoms with Crippen molar-refractivity contribution >= 4 is 33.5 Å². The molecule has 3 aromatic heterocycles. The highest BCUT2D eigenvalue weighted by Gasteiger charge is 2.20. The van der Waals surface area contributed by atoms with Crippen LogP contribution in [-0.4, -0.2) is 64.7 Å². The Morgan fingerprint density at radius 2 is 2.04 bits per heavy atom. The molecule has 0 radical (unpaired) electrons. The average Bonchev–Trinajstić information content (AvgIpc) is 3.11. The predicted molar refractivity (Wildman–Crippen MR) is 112 cm³/mol. The van der Waals surface area contributed by atoms with E-state index in [2.05, 4.69) is 38.8 Å². The summed E-state index contributed by atoms with van der Waals surface area (Å²) in [6, 6.07) is 0. The molecular weight excluding hydrogens is 374 g/mol. The summed E-state index contributed by atoms with van der Waals surface area (Å²) in [5.41, 5.74) is 9.50. The molecule has 4 rings (SSSR count). The number of nitrogens with two attached hydrogens (primary N) is 1. The van der Waals surface area contributed by atoms with Crippen molar-refractivity contribution in [2.75, 3.05) is 50.5 Å². The Kier molecular flexibility index (Phi) is 5.47. The van der Waals surface area contributed by atoms with Crippen LogP contribution in [0, 0.1) is 0 Å². The Morgan fingerprint density at radius 1 is 1.29 bits per heavy atom. The molecule has 0 bridgehead atoms. The molecule has 0 aliphatic carbocycles. The van der Waals surface area contributed by atoms with Gasteiger partial charge < -0.3 is 15.4 Å². The lowest BCUT2D eigenvalue weighted by atomic mass is 10.2. The lowest BCUT2D eigenvalue weighted by Gasteiger charge is -2.27. The van der Waals surface area contributed by atoms with Gasteiger partial charge in [-0.25, -0.2) is 19.9 Å². The van der Waals surface area contributed by atoms with Crippen molar-refractivity contribution in [3.05, 3.63) is 36.0 Å². The molecule has 0 amide bonds. The molecule has 1 fully saturated rings. The van der Waals surface area contributed by atoms with Gasteiger partial charge in [-0.3, -0.25) is 4.90 Å². The number of thiophene rings is 1. The highest BCUT2D eigenvalue weighted by molar-refractivity contribution is 7.17. The topological polar surface area (TPSA) is 93.3 Å². The van der Waals surface area contributed by atoms with Crippen LogP contribution in [0.15, 0.2) is 30.4 Å². The minimum absolute atomic E-state index is 0.250. The van der Waals surface area contributed by atoms with E-state index in [1.807, 2.05) is 6.08 Å². The summed E-state index contributed by atoms with van der Waals surface area (Å²) in [5.74, 6) is 0.967. The molecule has 0 aromatic carbocycles. The van der Waals surface area contributed by atoms with Crippen molar-refractivity contribution in [3.63, 3.8) is 0 Å². The summed E-state index contributed by atoms with van der Waals surface area (Å²) < 4.78 is 6.51. The van der Waals surface area contributed by atoms with Gasteiger partial charge in [-0.05, 0) is 12.4 Å². The Bertz CT molecular complexity index is 966. The predicted octanol–water partition coefficient (Wildman–Crippen LogP) is 2.18. The highest BCUT2D eigenvalue weighted by atomic mass is 32.1. The summed E-state index contributed by atoms with van der Waals surface area (Å²) in [7, 11) is 2.07. The molecular formula is C19H23N7OS. The summed E-state index contributed by atoms with van der Waals surface area (Å²) in [6.07, 6.45) is 5.34. The number of hydrogen-bond donors (Lipinski definition) is 1. The van der Waals surface area contributed by atoms with Crippen molar-refractivity contribution in [2.24, 2.45) is 0 Å². The summed E-state index contributed by atoms with van der Waals surface area (Å²) in [4.78, 5) is 22.5. The normalized spacial score (nSPS) is 14.7. The van der Waals surface area contributed by atoms with Crippen molar-refractivity contribution in [2.45, 2.75) is 6.54 Å². The van der Waals surface area contributed by atoms with Crippen molar-refractivity contribution in [3.8, 4) is 11.3 Å². The molecule has 8 nitrogen and oxygen atoms in total. The van der Waals surface area contributed by atoms with Gasteiger partial charge in [0.1, 0.15) is 0 Å². The van der Waals surface area contributed by atoms with Gasteiger partial charge in [-0.15, -0.1) is 17.9 Å². The molecule has 0 spiro atoms. The van der Waals surface area contributed by atoms with Crippen LogP contribution in [0.3, 0.4) is 0 Å². The number of aromatic nitrogens is 4. The van der Waals surface area contributed by atoms with Crippen LogP contribution in [0.1, 0.15) is 5.56 Å². The minimum atomic E-state index is 0.250. The van der Waals surface area contributed by atoms with Gasteiger partial charge in [0.2, 0.25) is 11.9 Å². The Labute approximate surface area is 167 Å². The van der Waals surface area contributed by atoms with Gasteiger partial charge in [-0.2, -0.15) is 0 Å². The van der Waals surface area contributed by atoms with Crippen molar-refractivity contribution < 1.29 is 4.74 Å². The second-order valence-corrected chi connectivity index (χ2v) is 7.61.